The zero-order valence-corrected chi connectivity index (χ0v) is 15.8. The van der Waals surface area contributed by atoms with E-state index in [0.717, 1.165) is 28.2 Å². The van der Waals surface area contributed by atoms with Gasteiger partial charge in [0, 0.05) is 18.1 Å². The zero-order chi connectivity index (χ0) is 19.5. The monoisotopic (exact) mass is 371 g/mol. The van der Waals surface area contributed by atoms with Crippen LogP contribution < -0.4 is 10.1 Å². The molecule has 2 aromatic heterocycles. The number of carbonyl (C=O) groups excluding carboxylic acids is 1. The van der Waals surface area contributed by atoms with Gasteiger partial charge in [0.15, 0.2) is 0 Å². The van der Waals surface area contributed by atoms with Crippen LogP contribution >= 0.6 is 0 Å². The lowest BCUT2D eigenvalue weighted by Gasteiger charge is -2.13. The number of pyridine rings is 1. The van der Waals surface area contributed by atoms with Crippen LogP contribution in [-0.4, -0.2) is 15.3 Å². The quantitative estimate of drug-likeness (QED) is 0.549. The maximum atomic E-state index is 12.8. The standard InChI is InChI=1S/C23H21N3O2/c1-16-8-7-10-20(17(16)2)25-23(27)19-9-3-4-11-21(19)28-15-18-14-26-13-6-5-12-22(26)24-18/h3-14H,15H2,1-2H3,(H,25,27). The number of benzene rings is 2. The number of nitrogens with one attached hydrogen (secondary N) is 1. The van der Waals surface area contributed by atoms with E-state index >= 15 is 0 Å². The summed E-state index contributed by atoms with van der Waals surface area (Å²) in [6, 6.07) is 18.9. The fraction of sp³-hybridized carbons (Fsp3) is 0.130. The molecule has 0 spiro atoms. The number of imidazole rings is 1. The lowest BCUT2D eigenvalue weighted by molar-refractivity contribution is 0.102. The van der Waals surface area contributed by atoms with Crippen LogP contribution in [0.1, 0.15) is 27.2 Å². The summed E-state index contributed by atoms with van der Waals surface area (Å²) in [7, 11) is 0. The second kappa shape index (κ2) is 7.56. The van der Waals surface area contributed by atoms with Gasteiger partial charge in [0.05, 0.1) is 11.3 Å². The van der Waals surface area contributed by atoms with Crippen LogP contribution in [-0.2, 0) is 6.61 Å². The van der Waals surface area contributed by atoms with Crippen molar-refractivity contribution in [3.63, 3.8) is 0 Å². The van der Waals surface area contributed by atoms with E-state index in [4.69, 9.17) is 4.74 Å². The Hall–Kier alpha value is -3.60. The summed E-state index contributed by atoms with van der Waals surface area (Å²) in [6.07, 6.45) is 3.87. The fourth-order valence-electron chi connectivity index (χ4n) is 3.06. The van der Waals surface area contributed by atoms with E-state index in [-0.39, 0.29) is 12.5 Å². The molecule has 28 heavy (non-hydrogen) atoms. The number of amides is 1. The molecule has 4 aromatic rings. The van der Waals surface area contributed by atoms with E-state index in [1.165, 1.54) is 0 Å². The predicted octanol–water partition coefficient (Wildman–Crippen LogP) is 4.78. The van der Waals surface area contributed by atoms with Crippen molar-refractivity contribution < 1.29 is 9.53 Å². The highest BCUT2D eigenvalue weighted by molar-refractivity contribution is 6.06. The molecule has 2 aromatic carbocycles. The Morgan fingerprint density at radius 2 is 1.86 bits per heavy atom. The maximum absolute atomic E-state index is 12.8. The highest BCUT2D eigenvalue weighted by Gasteiger charge is 2.14. The van der Waals surface area contributed by atoms with E-state index in [2.05, 4.69) is 10.3 Å². The van der Waals surface area contributed by atoms with Crippen molar-refractivity contribution in [1.82, 2.24) is 9.38 Å². The number of para-hydroxylation sites is 1. The number of ether oxygens (including phenoxy) is 1. The van der Waals surface area contributed by atoms with Gasteiger partial charge in [0.25, 0.3) is 5.91 Å². The van der Waals surface area contributed by atoms with Crippen LogP contribution in [0.4, 0.5) is 5.69 Å². The minimum Gasteiger partial charge on any atom is -0.486 e. The third-order valence-corrected chi connectivity index (χ3v) is 4.77. The summed E-state index contributed by atoms with van der Waals surface area (Å²) in [5, 5.41) is 2.99. The van der Waals surface area contributed by atoms with Gasteiger partial charge >= 0.3 is 0 Å². The van der Waals surface area contributed by atoms with Crippen molar-refractivity contribution in [2.24, 2.45) is 0 Å². The zero-order valence-electron chi connectivity index (χ0n) is 15.8. The Morgan fingerprint density at radius 3 is 2.71 bits per heavy atom. The van der Waals surface area contributed by atoms with Crippen LogP contribution in [0.3, 0.4) is 0 Å². The molecular formula is C23H21N3O2. The number of nitrogens with zero attached hydrogens (tertiary/aromatic N) is 2. The fourth-order valence-corrected chi connectivity index (χ4v) is 3.06. The third kappa shape index (κ3) is 3.60. The molecule has 5 nitrogen and oxygen atoms in total. The number of anilines is 1. The first-order chi connectivity index (χ1) is 13.6. The first kappa shape index (κ1) is 17.8. The van der Waals surface area contributed by atoms with Crippen LogP contribution in [0.25, 0.3) is 5.65 Å². The van der Waals surface area contributed by atoms with Crippen molar-refractivity contribution in [1.29, 1.82) is 0 Å². The maximum Gasteiger partial charge on any atom is 0.259 e. The van der Waals surface area contributed by atoms with Crippen molar-refractivity contribution >= 4 is 17.2 Å². The van der Waals surface area contributed by atoms with Crippen LogP contribution in [0, 0.1) is 13.8 Å². The number of carbonyl (C=O) groups is 1. The molecular weight excluding hydrogens is 350 g/mol. The van der Waals surface area contributed by atoms with Crippen LogP contribution in [0.2, 0.25) is 0 Å². The molecule has 2 heterocycles. The average molecular weight is 371 g/mol. The van der Waals surface area contributed by atoms with Gasteiger partial charge in [-0.3, -0.25) is 4.79 Å². The molecule has 5 heteroatoms. The SMILES string of the molecule is Cc1cccc(NC(=O)c2ccccc2OCc2cn3ccccc3n2)c1C. The Labute approximate surface area is 163 Å². The smallest absolute Gasteiger partial charge is 0.259 e. The number of aromatic nitrogens is 2. The lowest BCUT2D eigenvalue weighted by Crippen LogP contribution is -2.14. The number of rotatable bonds is 5. The van der Waals surface area contributed by atoms with Crippen molar-refractivity contribution in [2.75, 3.05) is 5.32 Å². The van der Waals surface area contributed by atoms with Gasteiger partial charge in [0.2, 0.25) is 0 Å². The van der Waals surface area contributed by atoms with Gasteiger partial charge in [-0.05, 0) is 55.3 Å². The minimum absolute atomic E-state index is 0.195. The van der Waals surface area contributed by atoms with Gasteiger partial charge in [-0.2, -0.15) is 0 Å². The largest absolute Gasteiger partial charge is 0.486 e. The van der Waals surface area contributed by atoms with E-state index in [0.29, 0.717) is 11.3 Å². The minimum atomic E-state index is -0.195. The van der Waals surface area contributed by atoms with Gasteiger partial charge in [0.1, 0.15) is 18.0 Å². The highest BCUT2D eigenvalue weighted by Crippen LogP contribution is 2.23. The Bertz CT molecular complexity index is 1110. The molecule has 0 fully saturated rings. The molecule has 140 valence electrons. The first-order valence-electron chi connectivity index (χ1n) is 9.14. The van der Waals surface area contributed by atoms with E-state index in [9.17, 15) is 4.79 Å². The molecule has 0 radical (unpaired) electrons. The predicted molar refractivity (Wildman–Crippen MR) is 110 cm³/mol. The van der Waals surface area contributed by atoms with Gasteiger partial charge in [-0.1, -0.05) is 30.3 Å². The lowest BCUT2D eigenvalue weighted by atomic mass is 10.1. The summed E-state index contributed by atoms with van der Waals surface area (Å²) in [5.74, 6) is 0.335. The van der Waals surface area contributed by atoms with Gasteiger partial charge < -0.3 is 14.5 Å². The summed E-state index contributed by atoms with van der Waals surface area (Å²) in [4.78, 5) is 17.4. The summed E-state index contributed by atoms with van der Waals surface area (Å²) < 4.78 is 7.87. The molecule has 0 aliphatic rings. The van der Waals surface area contributed by atoms with Gasteiger partial charge in [-0.25, -0.2) is 4.98 Å². The summed E-state index contributed by atoms with van der Waals surface area (Å²) >= 11 is 0. The number of hydrogen-bond donors (Lipinski definition) is 1. The van der Waals surface area contributed by atoms with Crippen LogP contribution in [0.5, 0.6) is 5.75 Å². The third-order valence-electron chi connectivity index (χ3n) is 4.77. The molecule has 1 N–H and O–H groups in total. The molecule has 0 atom stereocenters. The number of fused-ring (bicyclic) bond motifs is 1. The van der Waals surface area contributed by atoms with Gasteiger partial charge in [-0.15, -0.1) is 0 Å². The van der Waals surface area contributed by atoms with Crippen molar-refractivity contribution in [3.8, 4) is 5.75 Å². The topological polar surface area (TPSA) is 55.6 Å². The second-order valence-corrected chi connectivity index (χ2v) is 6.68. The molecule has 0 aliphatic carbocycles. The van der Waals surface area contributed by atoms with Crippen molar-refractivity contribution in [2.45, 2.75) is 20.5 Å². The summed E-state index contributed by atoms with van der Waals surface area (Å²) in [6.45, 7) is 4.31. The molecule has 0 saturated heterocycles. The first-order valence-corrected chi connectivity index (χ1v) is 9.14. The molecule has 0 unspecified atom stereocenters. The molecule has 1 amide bonds. The normalized spacial score (nSPS) is 10.8. The highest BCUT2D eigenvalue weighted by atomic mass is 16.5. The molecule has 0 saturated carbocycles. The summed E-state index contributed by atoms with van der Waals surface area (Å²) in [5.41, 5.74) is 5.15. The van der Waals surface area contributed by atoms with E-state index in [1.54, 1.807) is 12.1 Å². The number of aryl methyl sites for hydroxylation is 1. The van der Waals surface area contributed by atoms with Crippen molar-refractivity contribution in [3.05, 3.63) is 95.4 Å². The Morgan fingerprint density at radius 1 is 1.04 bits per heavy atom. The molecule has 4 rings (SSSR count). The van der Waals surface area contributed by atoms with E-state index in [1.807, 2.05) is 79.2 Å². The number of hydrogen-bond acceptors (Lipinski definition) is 3. The Kier molecular flexibility index (Phi) is 4.81. The average Bonchev–Trinajstić information content (AvgIpc) is 3.13. The Balaban J connectivity index is 1.53. The second-order valence-electron chi connectivity index (χ2n) is 6.68. The molecule has 0 bridgehead atoms. The van der Waals surface area contributed by atoms with Crippen LogP contribution in [0.15, 0.2) is 73.1 Å². The van der Waals surface area contributed by atoms with E-state index < -0.39 is 0 Å². The molecule has 0 aliphatic heterocycles.